The SMILES string of the molecule is COc1cc(NC(=O)C(N=Nc2cc(C(=O)Nc3ccc(CCCl)cc3)ccc2Cl)C(C)=O)c(OC)cc1NC(=O)C(N=Nc1cc(C(=O)Nc2ccc(CCCl)cc2)ccc1Cl)C(C)=O. The molecule has 0 saturated heterocycles. The first-order valence-electron chi connectivity index (χ1n) is 19.9. The van der Waals surface area contributed by atoms with Crippen molar-refractivity contribution < 1.29 is 38.2 Å². The summed E-state index contributed by atoms with van der Waals surface area (Å²) in [6, 6.07) is 22.2. The molecule has 0 fully saturated rings. The molecule has 0 heterocycles. The van der Waals surface area contributed by atoms with E-state index in [0.717, 1.165) is 25.0 Å². The van der Waals surface area contributed by atoms with Gasteiger partial charge < -0.3 is 30.7 Å². The van der Waals surface area contributed by atoms with E-state index in [0.29, 0.717) is 36.0 Å². The van der Waals surface area contributed by atoms with Crippen molar-refractivity contribution in [2.75, 3.05) is 47.2 Å². The Morgan fingerprint density at radius 2 is 0.894 bits per heavy atom. The lowest BCUT2D eigenvalue weighted by atomic mass is 10.1. The summed E-state index contributed by atoms with van der Waals surface area (Å²) in [6.45, 7) is 2.28. The van der Waals surface area contributed by atoms with Crippen LogP contribution in [0.4, 0.5) is 34.1 Å². The minimum absolute atomic E-state index is 0.00298. The summed E-state index contributed by atoms with van der Waals surface area (Å²) in [4.78, 5) is 78.5. The number of alkyl halides is 2. The summed E-state index contributed by atoms with van der Waals surface area (Å²) in [5, 5.41) is 26.9. The second kappa shape index (κ2) is 24.0. The van der Waals surface area contributed by atoms with Gasteiger partial charge in [0.1, 0.15) is 22.9 Å². The Bertz CT molecular complexity index is 2500. The summed E-state index contributed by atoms with van der Waals surface area (Å²) in [5.74, 6) is -3.19. The first-order chi connectivity index (χ1) is 31.6. The predicted molar refractivity (Wildman–Crippen MR) is 255 cm³/mol. The van der Waals surface area contributed by atoms with E-state index >= 15 is 0 Å². The van der Waals surface area contributed by atoms with E-state index in [9.17, 15) is 28.8 Å². The minimum atomic E-state index is -1.68. The van der Waals surface area contributed by atoms with Crippen LogP contribution >= 0.6 is 46.4 Å². The van der Waals surface area contributed by atoms with Crippen molar-refractivity contribution in [3.05, 3.63) is 129 Å². The Balaban J connectivity index is 1.29. The quantitative estimate of drug-likeness (QED) is 0.0333. The number of rotatable bonds is 20. The molecule has 16 nitrogen and oxygen atoms in total. The summed E-state index contributed by atoms with van der Waals surface area (Å²) < 4.78 is 11.0. The van der Waals surface area contributed by atoms with Crippen LogP contribution in [-0.2, 0) is 32.0 Å². The molecular weight excluding hydrogens is 934 g/mol. The molecule has 0 saturated carbocycles. The fourth-order valence-corrected chi connectivity index (χ4v) is 6.71. The predicted octanol–water partition coefficient (Wildman–Crippen LogP) is 10.4. The highest BCUT2D eigenvalue weighted by Crippen LogP contribution is 2.37. The van der Waals surface area contributed by atoms with E-state index in [2.05, 4.69) is 41.7 Å². The van der Waals surface area contributed by atoms with Crippen LogP contribution in [-0.4, -0.2) is 73.3 Å². The second-order valence-electron chi connectivity index (χ2n) is 14.2. The maximum atomic E-state index is 13.5. The van der Waals surface area contributed by atoms with Gasteiger partial charge in [0.05, 0.1) is 35.6 Å². The topological polar surface area (TPSA) is 218 Å². The number of amides is 4. The van der Waals surface area contributed by atoms with Crippen LogP contribution in [0.15, 0.2) is 118 Å². The highest BCUT2D eigenvalue weighted by Gasteiger charge is 2.28. The number of azo groups is 2. The van der Waals surface area contributed by atoms with Gasteiger partial charge in [-0.25, -0.2) is 0 Å². The van der Waals surface area contributed by atoms with Crippen molar-refractivity contribution in [1.29, 1.82) is 0 Å². The average molecular weight is 977 g/mol. The molecule has 5 rings (SSSR count). The number of benzene rings is 5. The van der Waals surface area contributed by atoms with Crippen molar-refractivity contribution in [3.8, 4) is 11.5 Å². The molecule has 5 aromatic rings. The highest BCUT2D eigenvalue weighted by atomic mass is 35.5. The molecule has 0 spiro atoms. The van der Waals surface area contributed by atoms with E-state index in [4.69, 9.17) is 55.9 Å². The van der Waals surface area contributed by atoms with E-state index in [1.165, 1.54) is 62.8 Å². The van der Waals surface area contributed by atoms with Gasteiger partial charge in [0.25, 0.3) is 23.6 Å². The largest absolute Gasteiger partial charge is 0.494 e. The number of hydrogen-bond donors (Lipinski definition) is 4. The molecule has 2 unspecified atom stereocenters. The number of carbonyl (C=O) groups is 6. The van der Waals surface area contributed by atoms with Crippen LogP contribution in [0.1, 0.15) is 45.7 Å². The lowest BCUT2D eigenvalue weighted by molar-refractivity contribution is -0.127. The number of methoxy groups -OCH3 is 2. The van der Waals surface area contributed by atoms with Gasteiger partial charge in [0, 0.05) is 46.4 Å². The van der Waals surface area contributed by atoms with Gasteiger partial charge in [-0.1, -0.05) is 47.5 Å². The Labute approximate surface area is 399 Å². The van der Waals surface area contributed by atoms with Gasteiger partial charge in [0.2, 0.25) is 12.1 Å². The third-order valence-corrected chi connectivity index (χ3v) is 10.5. The van der Waals surface area contributed by atoms with Crippen LogP contribution < -0.4 is 30.7 Å². The fourth-order valence-electron chi connectivity index (χ4n) is 5.97. The molecule has 0 aliphatic carbocycles. The summed E-state index contributed by atoms with van der Waals surface area (Å²) in [5.41, 5.74) is 3.53. The molecule has 0 radical (unpaired) electrons. The molecule has 20 heteroatoms. The fraction of sp³-hybridized carbons (Fsp3) is 0.217. The molecule has 2 atom stereocenters. The van der Waals surface area contributed by atoms with E-state index < -0.39 is 47.3 Å². The Morgan fingerprint density at radius 1 is 0.530 bits per heavy atom. The smallest absolute Gasteiger partial charge is 0.258 e. The number of nitrogens with zero attached hydrogens (tertiary/aromatic N) is 4. The number of ether oxygens (including phenoxy) is 2. The van der Waals surface area contributed by atoms with Gasteiger partial charge in [-0.3, -0.25) is 28.8 Å². The highest BCUT2D eigenvalue weighted by molar-refractivity contribution is 6.33. The van der Waals surface area contributed by atoms with Crippen LogP contribution in [0.5, 0.6) is 11.5 Å². The molecule has 66 heavy (non-hydrogen) atoms. The zero-order valence-corrected chi connectivity index (χ0v) is 38.8. The molecule has 342 valence electrons. The van der Waals surface area contributed by atoms with Crippen molar-refractivity contribution in [2.45, 2.75) is 38.8 Å². The van der Waals surface area contributed by atoms with E-state index in [1.807, 2.05) is 24.3 Å². The van der Waals surface area contributed by atoms with Crippen LogP contribution in [0.2, 0.25) is 10.0 Å². The molecule has 4 N–H and O–H groups in total. The zero-order chi connectivity index (χ0) is 47.9. The van der Waals surface area contributed by atoms with Crippen LogP contribution in [0, 0.1) is 0 Å². The standard InChI is InChI=1S/C46H42Cl4N8O8/c1-25(59)41(57-55-35-21-29(9-15-33(35)49)43(61)51-31-11-5-27(6-12-31)17-19-47)45(63)53-37-23-40(66-4)38(24-39(37)65-3)54-46(64)42(26(2)60)58-56-36-22-30(10-16-34(36)50)44(62)52-32-13-7-28(8-14-32)18-20-48/h5-16,21-24,41-42H,17-20H2,1-4H3,(H,51,61)(H,52,62)(H,53,63)(H,54,64). The van der Waals surface area contributed by atoms with Crippen molar-refractivity contribution >= 4 is 116 Å². The lowest BCUT2D eigenvalue weighted by Crippen LogP contribution is -2.32. The number of halogens is 4. The van der Waals surface area contributed by atoms with Gasteiger partial charge in [-0.15, -0.1) is 23.2 Å². The number of carbonyl (C=O) groups excluding carboxylic acids is 6. The number of nitrogens with one attached hydrogen (secondary N) is 4. The third kappa shape index (κ3) is 13.7. The number of aryl methyl sites for hydroxylation is 2. The van der Waals surface area contributed by atoms with Gasteiger partial charge >= 0.3 is 0 Å². The monoisotopic (exact) mass is 974 g/mol. The normalized spacial score (nSPS) is 12.0. The van der Waals surface area contributed by atoms with E-state index in [1.54, 1.807) is 24.3 Å². The number of Topliss-reactive ketones (excluding diaryl/α,β-unsaturated/α-hetero) is 2. The maximum Gasteiger partial charge on any atom is 0.258 e. The number of hydrogen-bond acceptors (Lipinski definition) is 12. The summed E-state index contributed by atoms with van der Waals surface area (Å²) in [6.07, 6.45) is 1.36. The molecule has 0 bridgehead atoms. The van der Waals surface area contributed by atoms with Crippen molar-refractivity contribution in [1.82, 2.24) is 0 Å². The Kier molecular flexibility index (Phi) is 18.3. The van der Waals surface area contributed by atoms with Gasteiger partial charge in [-0.2, -0.15) is 20.5 Å². The molecular formula is C46H42Cl4N8O8. The second-order valence-corrected chi connectivity index (χ2v) is 15.8. The number of ketones is 2. The average Bonchev–Trinajstić information content (AvgIpc) is 3.29. The first-order valence-corrected chi connectivity index (χ1v) is 21.7. The lowest BCUT2D eigenvalue weighted by Gasteiger charge is -2.18. The summed E-state index contributed by atoms with van der Waals surface area (Å²) in [7, 11) is 2.58. The number of anilines is 4. The maximum absolute atomic E-state index is 13.5. The van der Waals surface area contributed by atoms with E-state index in [-0.39, 0.29) is 55.4 Å². The molecule has 0 aromatic heterocycles. The third-order valence-electron chi connectivity index (χ3n) is 9.47. The zero-order valence-electron chi connectivity index (χ0n) is 35.8. The molecule has 4 amide bonds. The molecule has 5 aromatic carbocycles. The van der Waals surface area contributed by atoms with Crippen molar-refractivity contribution in [2.24, 2.45) is 20.5 Å². The van der Waals surface area contributed by atoms with Crippen molar-refractivity contribution in [3.63, 3.8) is 0 Å². The minimum Gasteiger partial charge on any atom is -0.494 e. The van der Waals surface area contributed by atoms with Gasteiger partial charge in [0.15, 0.2) is 11.6 Å². The first kappa shape index (κ1) is 50.3. The Morgan fingerprint density at radius 3 is 1.21 bits per heavy atom. The Hall–Kier alpha value is -6.72. The van der Waals surface area contributed by atoms with Crippen LogP contribution in [0.3, 0.4) is 0 Å². The van der Waals surface area contributed by atoms with Gasteiger partial charge in [-0.05, 0) is 98.5 Å². The molecule has 0 aliphatic heterocycles. The van der Waals surface area contributed by atoms with Crippen LogP contribution in [0.25, 0.3) is 0 Å². The molecule has 0 aliphatic rings. The summed E-state index contributed by atoms with van der Waals surface area (Å²) >= 11 is 24.3.